The van der Waals surface area contributed by atoms with Gasteiger partial charge in [-0.05, 0) is 5.92 Å². The third kappa shape index (κ3) is 1.88. The summed E-state index contributed by atoms with van der Waals surface area (Å²) in [6, 6.07) is -0.308. The standard InChI is InChI=1S/C7H11ClN2O2/c1-5(2-8)4-10-6(11)3-9-7(10)12/h5H,2-4H2,1H3,(H,9,12). The Labute approximate surface area is 75.9 Å². The zero-order valence-electron chi connectivity index (χ0n) is 6.84. The van der Waals surface area contributed by atoms with E-state index in [1.807, 2.05) is 6.92 Å². The van der Waals surface area contributed by atoms with Crippen LogP contribution in [0.3, 0.4) is 0 Å². The SMILES string of the molecule is CC(CCl)CN1C(=O)CNC1=O. The maximum atomic E-state index is 11.0. The zero-order chi connectivity index (χ0) is 9.14. The van der Waals surface area contributed by atoms with Crippen molar-refractivity contribution in [3.05, 3.63) is 0 Å². The number of hydrogen-bond acceptors (Lipinski definition) is 2. The fourth-order valence-electron chi connectivity index (χ4n) is 1.00. The largest absolute Gasteiger partial charge is 0.329 e. The molecule has 4 nitrogen and oxygen atoms in total. The molecule has 12 heavy (non-hydrogen) atoms. The third-order valence-electron chi connectivity index (χ3n) is 1.69. The van der Waals surface area contributed by atoms with E-state index in [9.17, 15) is 9.59 Å². The number of nitrogens with one attached hydrogen (secondary N) is 1. The first-order valence-corrected chi connectivity index (χ1v) is 4.32. The molecule has 1 N–H and O–H groups in total. The second-order valence-corrected chi connectivity index (χ2v) is 3.23. The average molecular weight is 191 g/mol. The summed E-state index contributed by atoms with van der Waals surface area (Å²) < 4.78 is 0. The van der Waals surface area contributed by atoms with Crippen LogP contribution in [-0.2, 0) is 4.79 Å². The van der Waals surface area contributed by atoms with Crippen LogP contribution in [-0.4, -0.2) is 35.8 Å². The van der Waals surface area contributed by atoms with Crippen molar-refractivity contribution in [1.82, 2.24) is 10.2 Å². The Morgan fingerprint density at radius 2 is 2.33 bits per heavy atom. The quantitative estimate of drug-likeness (QED) is 0.518. The molecule has 1 aliphatic heterocycles. The minimum atomic E-state index is -0.308. The Kier molecular flexibility index (Phi) is 2.92. The van der Waals surface area contributed by atoms with E-state index in [-0.39, 0.29) is 24.4 Å². The molecular formula is C7H11ClN2O2. The molecule has 1 rings (SSSR count). The van der Waals surface area contributed by atoms with Crippen molar-refractivity contribution in [2.75, 3.05) is 19.0 Å². The van der Waals surface area contributed by atoms with Gasteiger partial charge in [0.2, 0.25) is 5.91 Å². The predicted molar refractivity (Wildman–Crippen MR) is 45.0 cm³/mol. The molecule has 0 radical (unpaired) electrons. The van der Waals surface area contributed by atoms with Gasteiger partial charge in [-0.1, -0.05) is 6.92 Å². The molecule has 1 fully saturated rings. The molecule has 1 aliphatic rings. The average Bonchev–Trinajstić information content (AvgIpc) is 2.35. The zero-order valence-corrected chi connectivity index (χ0v) is 7.60. The summed E-state index contributed by atoms with van der Waals surface area (Å²) >= 11 is 5.56. The van der Waals surface area contributed by atoms with E-state index in [1.165, 1.54) is 4.90 Å². The van der Waals surface area contributed by atoms with Gasteiger partial charge in [0.25, 0.3) is 0 Å². The Hall–Kier alpha value is -0.770. The van der Waals surface area contributed by atoms with Gasteiger partial charge in [-0.15, -0.1) is 11.6 Å². The second kappa shape index (κ2) is 3.76. The minimum Gasteiger partial charge on any atom is -0.329 e. The fraction of sp³-hybridized carbons (Fsp3) is 0.714. The van der Waals surface area contributed by atoms with Crippen LogP contribution in [0.4, 0.5) is 4.79 Å². The maximum absolute atomic E-state index is 11.0. The van der Waals surface area contributed by atoms with Crippen molar-refractivity contribution in [3.63, 3.8) is 0 Å². The number of urea groups is 1. The van der Waals surface area contributed by atoms with Crippen LogP contribution in [0.2, 0.25) is 0 Å². The van der Waals surface area contributed by atoms with E-state index >= 15 is 0 Å². The first kappa shape index (κ1) is 9.32. The molecule has 1 unspecified atom stereocenters. The summed E-state index contributed by atoms with van der Waals surface area (Å²) in [5.41, 5.74) is 0. The summed E-state index contributed by atoms with van der Waals surface area (Å²) in [6.07, 6.45) is 0. The first-order chi connectivity index (χ1) is 5.65. The van der Waals surface area contributed by atoms with Crippen LogP contribution < -0.4 is 5.32 Å². The topological polar surface area (TPSA) is 49.4 Å². The molecule has 68 valence electrons. The number of carbonyl (C=O) groups is 2. The number of nitrogens with zero attached hydrogens (tertiary/aromatic N) is 1. The first-order valence-electron chi connectivity index (χ1n) is 3.79. The summed E-state index contributed by atoms with van der Waals surface area (Å²) in [6.45, 7) is 2.42. The van der Waals surface area contributed by atoms with Gasteiger partial charge >= 0.3 is 6.03 Å². The smallest absolute Gasteiger partial charge is 0.324 e. The Morgan fingerprint density at radius 1 is 1.67 bits per heavy atom. The summed E-state index contributed by atoms with van der Waals surface area (Å²) in [7, 11) is 0. The van der Waals surface area contributed by atoms with Crippen LogP contribution in [0, 0.1) is 5.92 Å². The number of hydrogen-bond donors (Lipinski definition) is 1. The number of carbonyl (C=O) groups excluding carboxylic acids is 2. The van der Waals surface area contributed by atoms with E-state index < -0.39 is 0 Å². The van der Waals surface area contributed by atoms with Gasteiger partial charge in [-0.25, -0.2) is 4.79 Å². The summed E-state index contributed by atoms with van der Waals surface area (Å²) in [4.78, 5) is 23.2. The van der Waals surface area contributed by atoms with E-state index in [0.29, 0.717) is 12.4 Å². The van der Waals surface area contributed by atoms with E-state index in [1.54, 1.807) is 0 Å². The third-order valence-corrected chi connectivity index (χ3v) is 2.22. The van der Waals surface area contributed by atoms with Crippen LogP contribution in [0.5, 0.6) is 0 Å². The lowest BCUT2D eigenvalue weighted by Gasteiger charge is -2.15. The maximum Gasteiger partial charge on any atom is 0.324 e. The van der Waals surface area contributed by atoms with Gasteiger partial charge in [-0.2, -0.15) is 0 Å². The molecule has 1 atom stereocenters. The van der Waals surface area contributed by atoms with Crippen molar-refractivity contribution in [1.29, 1.82) is 0 Å². The second-order valence-electron chi connectivity index (χ2n) is 2.92. The molecule has 0 aromatic heterocycles. The molecule has 0 aromatic carbocycles. The van der Waals surface area contributed by atoms with Gasteiger partial charge in [0, 0.05) is 12.4 Å². The van der Waals surface area contributed by atoms with E-state index in [4.69, 9.17) is 11.6 Å². The molecule has 0 saturated carbocycles. The lowest BCUT2D eigenvalue weighted by Crippen LogP contribution is -2.35. The molecule has 5 heteroatoms. The van der Waals surface area contributed by atoms with Gasteiger partial charge in [0.1, 0.15) is 0 Å². The van der Waals surface area contributed by atoms with Crippen molar-refractivity contribution in [3.8, 4) is 0 Å². The van der Waals surface area contributed by atoms with E-state index in [2.05, 4.69) is 5.32 Å². The highest BCUT2D eigenvalue weighted by atomic mass is 35.5. The minimum absolute atomic E-state index is 0.119. The highest BCUT2D eigenvalue weighted by Gasteiger charge is 2.28. The molecule has 1 heterocycles. The monoisotopic (exact) mass is 190 g/mol. The fourth-order valence-corrected chi connectivity index (χ4v) is 1.10. The van der Waals surface area contributed by atoms with Crippen molar-refractivity contribution < 1.29 is 9.59 Å². The Bertz CT molecular complexity index is 192. The van der Waals surface area contributed by atoms with Crippen LogP contribution in [0.25, 0.3) is 0 Å². The van der Waals surface area contributed by atoms with Crippen LogP contribution >= 0.6 is 11.6 Å². The lowest BCUT2D eigenvalue weighted by molar-refractivity contribution is -0.125. The number of rotatable bonds is 3. The van der Waals surface area contributed by atoms with Crippen LogP contribution in [0.15, 0.2) is 0 Å². The molecule has 0 aliphatic carbocycles. The Balaban J connectivity index is 2.50. The van der Waals surface area contributed by atoms with E-state index in [0.717, 1.165) is 0 Å². The lowest BCUT2D eigenvalue weighted by atomic mass is 10.2. The highest BCUT2D eigenvalue weighted by molar-refractivity contribution is 6.18. The Morgan fingerprint density at radius 3 is 2.75 bits per heavy atom. The molecule has 0 bridgehead atoms. The highest BCUT2D eigenvalue weighted by Crippen LogP contribution is 2.05. The number of amides is 3. The normalized spacial score (nSPS) is 19.7. The number of imide groups is 1. The molecule has 3 amide bonds. The molecule has 0 aromatic rings. The van der Waals surface area contributed by atoms with Crippen LogP contribution in [0.1, 0.15) is 6.92 Å². The van der Waals surface area contributed by atoms with Gasteiger partial charge < -0.3 is 5.32 Å². The van der Waals surface area contributed by atoms with Crippen molar-refractivity contribution in [2.45, 2.75) is 6.92 Å². The number of halogens is 1. The molecule has 1 saturated heterocycles. The van der Waals surface area contributed by atoms with Crippen molar-refractivity contribution in [2.24, 2.45) is 5.92 Å². The van der Waals surface area contributed by atoms with Crippen molar-refractivity contribution >= 4 is 23.5 Å². The predicted octanol–water partition coefficient (Wildman–Crippen LogP) is 0.413. The van der Waals surface area contributed by atoms with Gasteiger partial charge in [0.15, 0.2) is 0 Å². The van der Waals surface area contributed by atoms with Gasteiger partial charge in [0.05, 0.1) is 6.54 Å². The van der Waals surface area contributed by atoms with Gasteiger partial charge in [-0.3, -0.25) is 9.69 Å². The summed E-state index contributed by atoms with van der Waals surface area (Å²) in [5, 5.41) is 2.44. The summed E-state index contributed by atoms with van der Waals surface area (Å²) in [5.74, 6) is 0.438. The molecular weight excluding hydrogens is 180 g/mol. The molecule has 0 spiro atoms. The number of alkyl halides is 1.